The van der Waals surface area contributed by atoms with Gasteiger partial charge in [0.2, 0.25) is 5.78 Å². The van der Waals surface area contributed by atoms with Crippen LogP contribution in [-0.4, -0.2) is 22.2 Å². The highest BCUT2D eigenvalue weighted by Gasteiger charge is 2.05. The van der Waals surface area contributed by atoms with Crippen molar-refractivity contribution >= 4 is 11.9 Å². The van der Waals surface area contributed by atoms with Crippen molar-refractivity contribution in [2.45, 2.75) is 20.4 Å². The highest BCUT2D eigenvalue weighted by molar-refractivity contribution is 6.05. The predicted octanol–water partition coefficient (Wildman–Crippen LogP) is 3.20. The van der Waals surface area contributed by atoms with E-state index in [2.05, 4.69) is 5.10 Å². The molecule has 104 valence electrons. The number of ether oxygens (including phenoxy) is 1. The van der Waals surface area contributed by atoms with Gasteiger partial charge in [-0.2, -0.15) is 5.10 Å². The van der Waals surface area contributed by atoms with E-state index in [-0.39, 0.29) is 5.78 Å². The SMILES string of the molecule is CCOc1ccc(C=CC(=O)c2ccn(CC)n2)cc1. The molecule has 0 unspecified atom stereocenters. The van der Waals surface area contributed by atoms with Crippen molar-refractivity contribution in [3.8, 4) is 5.75 Å². The number of benzene rings is 1. The van der Waals surface area contributed by atoms with Gasteiger partial charge >= 0.3 is 0 Å². The van der Waals surface area contributed by atoms with Gasteiger partial charge in [0.15, 0.2) is 0 Å². The van der Waals surface area contributed by atoms with Crippen LogP contribution in [0.3, 0.4) is 0 Å². The Morgan fingerprint density at radius 2 is 2.00 bits per heavy atom. The van der Waals surface area contributed by atoms with E-state index < -0.39 is 0 Å². The van der Waals surface area contributed by atoms with Gasteiger partial charge in [0.1, 0.15) is 11.4 Å². The van der Waals surface area contributed by atoms with E-state index in [0.29, 0.717) is 12.3 Å². The average Bonchev–Trinajstić information content (AvgIpc) is 2.95. The molecule has 0 amide bonds. The van der Waals surface area contributed by atoms with E-state index in [0.717, 1.165) is 17.9 Å². The number of aryl methyl sites for hydroxylation is 1. The third kappa shape index (κ3) is 3.57. The molecular formula is C16H18N2O2. The maximum atomic E-state index is 11.9. The lowest BCUT2D eigenvalue weighted by atomic mass is 10.1. The highest BCUT2D eigenvalue weighted by Crippen LogP contribution is 2.13. The van der Waals surface area contributed by atoms with Crippen LogP contribution in [0.15, 0.2) is 42.6 Å². The van der Waals surface area contributed by atoms with Crippen molar-refractivity contribution in [1.29, 1.82) is 0 Å². The molecule has 1 aromatic carbocycles. The fourth-order valence-electron chi connectivity index (χ4n) is 1.77. The maximum absolute atomic E-state index is 11.9. The number of carbonyl (C=O) groups excluding carboxylic acids is 1. The minimum absolute atomic E-state index is 0.0916. The summed E-state index contributed by atoms with van der Waals surface area (Å²) in [5.74, 6) is 0.740. The van der Waals surface area contributed by atoms with Gasteiger partial charge < -0.3 is 4.74 Å². The maximum Gasteiger partial charge on any atom is 0.206 e. The van der Waals surface area contributed by atoms with Crippen LogP contribution in [0.2, 0.25) is 0 Å². The molecule has 0 aliphatic heterocycles. The van der Waals surface area contributed by atoms with E-state index in [9.17, 15) is 4.79 Å². The van der Waals surface area contributed by atoms with Gasteiger partial charge in [-0.15, -0.1) is 0 Å². The molecule has 4 nitrogen and oxygen atoms in total. The number of ketones is 1. The second-order valence-corrected chi connectivity index (χ2v) is 4.26. The quantitative estimate of drug-likeness (QED) is 0.598. The van der Waals surface area contributed by atoms with E-state index in [4.69, 9.17) is 4.74 Å². The fraction of sp³-hybridized carbons (Fsp3) is 0.250. The van der Waals surface area contributed by atoms with E-state index in [1.807, 2.05) is 38.1 Å². The minimum Gasteiger partial charge on any atom is -0.494 e. The zero-order chi connectivity index (χ0) is 14.4. The largest absolute Gasteiger partial charge is 0.494 e. The van der Waals surface area contributed by atoms with Crippen LogP contribution >= 0.6 is 0 Å². The summed E-state index contributed by atoms with van der Waals surface area (Å²) in [4.78, 5) is 11.9. The Morgan fingerprint density at radius 3 is 2.60 bits per heavy atom. The van der Waals surface area contributed by atoms with Crippen molar-refractivity contribution in [2.75, 3.05) is 6.61 Å². The highest BCUT2D eigenvalue weighted by atomic mass is 16.5. The summed E-state index contributed by atoms with van der Waals surface area (Å²) in [5, 5.41) is 4.18. The third-order valence-corrected chi connectivity index (χ3v) is 2.84. The molecule has 0 atom stereocenters. The van der Waals surface area contributed by atoms with Crippen molar-refractivity contribution in [3.63, 3.8) is 0 Å². The molecule has 0 N–H and O–H groups in total. The number of hydrogen-bond acceptors (Lipinski definition) is 3. The number of nitrogens with zero attached hydrogens (tertiary/aromatic N) is 2. The topological polar surface area (TPSA) is 44.1 Å². The molecular weight excluding hydrogens is 252 g/mol. The Bertz CT molecular complexity index is 597. The number of hydrogen-bond donors (Lipinski definition) is 0. The van der Waals surface area contributed by atoms with Crippen molar-refractivity contribution in [2.24, 2.45) is 0 Å². The Balaban J connectivity index is 2.02. The summed E-state index contributed by atoms with van der Waals surface area (Å²) < 4.78 is 7.10. The van der Waals surface area contributed by atoms with Gasteiger partial charge in [0.05, 0.1) is 6.61 Å². The third-order valence-electron chi connectivity index (χ3n) is 2.84. The molecule has 1 heterocycles. The van der Waals surface area contributed by atoms with Crippen LogP contribution in [0.1, 0.15) is 29.9 Å². The molecule has 0 saturated carbocycles. The molecule has 1 aromatic heterocycles. The average molecular weight is 270 g/mol. The Labute approximate surface area is 118 Å². The van der Waals surface area contributed by atoms with Crippen LogP contribution in [0.5, 0.6) is 5.75 Å². The molecule has 0 radical (unpaired) electrons. The summed E-state index contributed by atoms with van der Waals surface area (Å²) in [7, 11) is 0. The Morgan fingerprint density at radius 1 is 1.25 bits per heavy atom. The van der Waals surface area contributed by atoms with Crippen LogP contribution in [0.25, 0.3) is 6.08 Å². The van der Waals surface area contributed by atoms with Crippen molar-refractivity contribution in [1.82, 2.24) is 9.78 Å². The first-order valence-electron chi connectivity index (χ1n) is 6.71. The summed E-state index contributed by atoms with van der Waals surface area (Å²) in [6.07, 6.45) is 5.12. The molecule has 2 aromatic rings. The first-order valence-corrected chi connectivity index (χ1v) is 6.71. The Kier molecular flexibility index (Phi) is 4.71. The smallest absolute Gasteiger partial charge is 0.206 e. The monoisotopic (exact) mass is 270 g/mol. The number of aromatic nitrogens is 2. The van der Waals surface area contributed by atoms with Gasteiger partial charge in [-0.3, -0.25) is 9.48 Å². The zero-order valence-electron chi connectivity index (χ0n) is 11.7. The number of carbonyl (C=O) groups is 1. The van der Waals surface area contributed by atoms with Crippen LogP contribution in [0.4, 0.5) is 0 Å². The van der Waals surface area contributed by atoms with Gasteiger partial charge in [0.25, 0.3) is 0 Å². The van der Waals surface area contributed by atoms with E-state index >= 15 is 0 Å². The van der Waals surface area contributed by atoms with Crippen molar-refractivity contribution in [3.05, 3.63) is 53.9 Å². The lowest BCUT2D eigenvalue weighted by Crippen LogP contribution is -1.99. The van der Waals surface area contributed by atoms with Crippen LogP contribution in [0, 0.1) is 0 Å². The second-order valence-electron chi connectivity index (χ2n) is 4.26. The molecule has 0 fully saturated rings. The normalized spacial score (nSPS) is 10.9. The molecule has 4 heteroatoms. The number of rotatable bonds is 6. The van der Waals surface area contributed by atoms with E-state index in [1.165, 1.54) is 6.08 Å². The van der Waals surface area contributed by atoms with Gasteiger partial charge in [-0.25, -0.2) is 0 Å². The first kappa shape index (κ1) is 14.1. The van der Waals surface area contributed by atoms with Crippen LogP contribution in [-0.2, 0) is 6.54 Å². The summed E-state index contributed by atoms with van der Waals surface area (Å²) >= 11 is 0. The molecule has 0 aliphatic carbocycles. The van der Waals surface area contributed by atoms with Crippen molar-refractivity contribution < 1.29 is 9.53 Å². The predicted molar refractivity (Wildman–Crippen MR) is 78.9 cm³/mol. The second kappa shape index (κ2) is 6.70. The van der Waals surface area contributed by atoms with Gasteiger partial charge in [-0.05, 0) is 43.7 Å². The molecule has 0 spiro atoms. The fourth-order valence-corrected chi connectivity index (χ4v) is 1.77. The van der Waals surface area contributed by atoms with Crippen LogP contribution < -0.4 is 4.74 Å². The molecule has 2 rings (SSSR count). The lowest BCUT2D eigenvalue weighted by Gasteiger charge is -2.02. The van der Waals surface area contributed by atoms with E-state index in [1.54, 1.807) is 23.0 Å². The summed E-state index contributed by atoms with van der Waals surface area (Å²) in [6.45, 7) is 5.34. The number of allylic oxidation sites excluding steroid dienone is 1. The van der Waals surface area contributed by atoms with Gasteiger partial charge in [0, 0.05) is 12.7 Å². The summed E-state index contributed by atoms with van der Waals surface area (Å²) in [6, 6.07) is 9.34. The molecule has 0 bridgehead atoms. The zero-order valence-corrected chi connectivity index (χ0v) is 11.7. The molecule has 0 saturated heterocycles. The first-order chi connectivity index (χ1) is 9.72. The molecule has 20 heavy (non-hydrogen) atoms. The molecule has 0 aliphatic rings. The minimum atomic E-state index is -0.0916. The standard InChI is InChI=1S/C16H18N2O2/c1-3-18-12-11-15(17-18)16(19)10-7-13-5-8-14(9-6-13)20-4-2/h5-12H,3-4H2,1-2H3. The lowest BCUT2D eigenvalue weighted by molar-refractivity contribution is 0.104. The Hall–Kier alpha value is -2.36. The van der Waals surface area contributed by atoms with Gasteiger partial charge in [-0.1, -0.05) is 18.2 Å². The summed E-state index contributed by atoms with van der Waals surface area (Å²) in [5.41, 5.74) is 1.42.